The van der Waals surface area contributed by atoms with E-state index in [4.69, 9.17) is 14.2 Å². The van der Waals surface area contributed by atoms with Crippen LogP contribution in [0.1, 0.15) is 361 Å². The first-order chi connectivity index (χ1) is 40.5. The highest BCUT2D eigenvalue weighted by atomic mass is 16.6. The molecule has 0 aromatic carbocycles. The van der Waals surface area contributed by atoms with Crippen molar-refractivity contribution in [2.45, 2.75) is 367 Å². The van der Waals surface area contributed by atoms with Gasteiger partial charge in [-0.1, -0.05) is 337 Å². The summed E-state index contributed by atoms with van der Waals surface area (Å²) in [7, 11) is 0. The standard InChI is InChI=1S/C76H134O6/c1-4-7-10-13-16-19-22-25-28-30-32-34-36-37-38-39-40-42-43-45-48-51-54-57-60-63-66-69-75(78)81-72-73(71-80-74(77)68-65-62-59-56-53-50-47-27-24-21-18-15-12-9-6-3)82-76(79)70-67-64-61-58-55-52-49-46-44-41-35-33-31-29-26-23-20-17-14-11-8-5-2/h7,9-10,12,16,18-19,21,25,27-28,32,34,47,73H,4-6,8,11,13-15,17,20,22-24,26,29-31,33,35-46,48-72H2,1-3H3/b10-7-,12-9-,19-16-,21-18-,28-25-,34-32-,47-27-. The van der Waals surface area contributed by atoms with Crippen molar-refractivity contribution in [3.63, 3.8) is 0 Å². The number of rotatable bonds is 65. The molecule has 0 spiro atoms. The molecule has 0 aromatic heterocycles. The summed E-state index contributed by atoms with van der Waals surface area (Å²) in [6.45, 7) is 6.46. The molecule has 0 aliphatic heterocycles. The SMILES string of the molecule is CC/C=C\C/C=C\C/C=C\C/C=C\CCCCCCCCCCCCCCCCC(=O)OCC(COC(=O)CCCCCCC/C=C\C/C=C\C/C=C\CC)OC(=O)CCCCCCCCCCCCCCCCCCCCCCCC. The number of hydrogen-bond donors (Lipinski definition) is 0. The Morgan fingerprint density at radius 3 is 0.744 bits per heavy atom. The minimum atomic E-state index is -0.784. The number of carbonyl (C=O) groups is 3. The summed E-state index contributed by atoms with van der Waals surface area (Å²) < 4.78 is 17.0. The number of allylic oxidation sites excluding steroid dienone is 14. The van der Waals surface area contributed by atoms with Crippen LogP contribution in [0.15, 0.2) is 85.1 Å². The Morgan fingerprint density at radius 2 is 0.476 bits per heavy atom. The maximum Gasteiger partial charge on any atom is 0.306 e. The predicted molar refractivity (Wildman–Crippen MR) is 358 cm³/mol. The summed E-state index contributed by atoms with van der Waals surface area (Å²) in [5, 5.41) is 0. The molecule has 0 heterocycles. The fourth-order valence-corrected chi connectivity index (χ4v) is 10.4. The molecular weight excluding hydrogens is 1010 g/mol. The zero-order valence-electron chi connectivity index (χ0n) is 54.5. The van der Waals surface area contributed by atoms with E-state index >= 15 is 0 Å². The van der Waals surface area contributed by atoms with Gasteiger partial charge in [-0.15, -0.1) is 0 Å². The summed E-state index contributed by atoms with van der Waals surface area (Å²) >= 11 is 0. The molecule has 0 radical (unpaired) electrons. The number of carbonyl (C=O) groups excluding carboxylic acids is 3. The number of hydrogen-bond acceptors (Lipinski definition) is 6. The molecule has 0 aliphatic carbocycles. The van der Waals surface area contributed by atoms with Gasteiger partial charge in [0.15, 0.2) is 6.10 Å². The average Bonchev–Trinajstić information content (AvgIpc) is 3.47. The van der Waals surface area contributed by atoms with Crippen molar-refractivity contribution in [2.24, 2.45) is 0 Å². The Labute approximate surface area is 509 Å². The second-order valence-corrected chi connectivity index (χ2v) is 23.7. The molecule has 0 rings (SSSR count). The molecule has 0 saturated heterocycles. The van der Waals surface area contributed by atoms with Crippen molar-refractivity contribution in [3.8, 4) is 0 Å². The maximum absolute atomic E-state index is 13.0. The van der Waals surface area contributed by atoms with Gasteiger partial charge in [-0.2, -0.15) is 0 Å². The van der Waals surface area contributed by atoms with Crippen LogP contribution in [0.4, 0.5) is 0 Å². The first-order valence-electron chi connectivity index (χ1n) is 35.6. The van der Waals surface area contributed by atoms with Gasteiger partial charge in [-0.3, -0.25) is 14.4 Å². The highest BCUT2D eigenvalue weighted by molar-refractivity contribution is 5.71. The third-order valence-corrected chi connectivity index (χ3v) is 15.6. The second-order valence-electron chi connectivity index (χ2n) is 23.7. The zero-order chi connectivity index (χ0) is 59.2. The van der Waals surface area contributed by atoms with E-state index in [0.717, 1.165) is 122 Å². The smallest absolute Gasteiger partial charge is 0.306 e. The minimum absolute atomic E-state index is 0.0784. The van der Waals surface area contributed by atoms with Crippen molar-refractivity contribution in [3.05, 3.63) is 85.1 Å². The molecule has 474 valence electrons. The second kappa shape index (κ2) is 70.1. The van der Waals surface area contributed by atoms with Crippen molar-refractivity contribution in [1.29, 1.82) is 0 Å². The Bertz CT molecular complexity index is 1550. The minimum Gasteiger partial charge on any atom is -0.462 e. The largest absolute Gasteiger partial charge is 0.462 e. The van der Waals surface area contributed by atoms with Crippen LogP contribution in [0, 0.1) is 0 Å². The number of ether oxygens (including phenoxy) is 3. The molecule has 0 aliphatic rings. The highest BCUT2D eigenvalue weighted by Gasteiger charge is 2.19. The summed E-state index contributed by atoms with van der Waals surface area (Å²) in [6.07, 6.45) is 93.3. The average molecular weight is 1140 g/mol. The lowest BCUT2D eigenvalue weighted by Gasteiger charge is -2.18. The van der Waals surface area contributed by atoms with E-state index in [1.807, 2.05) is 0 Å². The van der Waals surface area contributed by atoms with E-state index < -0.39 is 6.10 Å². The van der Waals surface area contributed by atoms with E-state index in [1.165, 1.54) is 199 Å². The lowest BCUT2D eigenvalue weighted by Crippen LogP contribution is -2.30. The molecule has 0 N–H and O–H groups in total. The third kappa shape index (κ3) is 67.4. The van der Waals surface area contributed by atoms with Gasteiger partial charge in [-0.25, -0.2) is 0 Å². The van der Waals surface area contributed by atoms with Gasteiger partial charge in [0.2, 0.25) is 0 Å². The zero-order valence-corrected chi connectivity index (χ0v) is 54.5. The van der Waals surface area contributed by atoms with Gasteiger partial charge >= 0.3 is 17.9 Å². The fraction of sp³-hybridized carbons (Fsp3) is 0.776. The summed E-state index contributed by atoms with van der Waals surface area (Å²) in [5.74, 6) is -0.875. The monoisotopic (exact) mass is 1140 g/mol. The quantitative estimate of drug-likeness (QED) is 0.0261. The van der Waals surface area contributed by atoms with Crippen LogP contribution in [-0.4, -0.2) is 37.2 Å². The van der Waals surface area contributed by atoms with Gasteiger partial charge in [0.25, 0.3) is 0 Å². The molecule has 0 bridgehead atoms. The van der Waals surface area contributed by atoms with Gasteiger partial charge in [0.05, 0.1) is 0 Å². The van der Waals surface area contributed by atoms with E-state index in [9.17, 15) is 14.4 Å². The molecule has 6 nitrogen and oxygen atoms in total. The van der Waals surface area contributed by atoms with Crippen LogP contribution in [0.5, 0.6) is 0 Å². The van der Waals surface area contributed by atoms with Gasteiger partial charge in [-0.05, 0) is 89.9 Å². The molecule has 0 saturated carbocycles. The molecule has 0 amide bonds. The summed E-state index contributed by atoms with van der Waals surface area (Å²) in [6, 6.07) is 0. The molecule has 1 unspecified atom stereocenters. The number of unbranched alkanes of at least 4 members (excludes halogenated alkanes) is 40. The first-order valence-corrected chi connectivity index (χ1v) is 35.6. The van der Waals surface area contributed by atoms with Crippen LogP contribution in [0.3, 0.4) is 0 Å². The topological polar surface area (TPSA) is 78.9 Å². The molecule has 1 atom stereocenters. The molecule has 0 aromatic rings. The molecule has 6 heteroatoms. The Hall–Kier alpha value is -3.41. The van der Waals surface area contributed by atoms with E-state index in [2.05, 4.69) is 106 Å². The van der Waals surface area contributed by atoms with Crippen molar-refractivity contribution in [1.82, 2.24) is 0 Å². The lowest BCUT2D eigenvalue weighted by atomic mass is 10.0. The first kappa shape index (κ1) is 78.6. The van der Waals surface area contributed by atoms with Crippen molar-refractivity contribution < 1.29 is 28.6 Å². The van der Waals surface area contributed by atoms with Crippen LogP contribution >= 0.6 is 0 Å². The summed E-state index contributed by atoms with van der Waals surface area (Å²) in [5.41, 5.74) is 0. The van der Waals surface area contributed by atoms with Gasteiger partial charge in [0, 0.05) is 19.3 Å². The molecule has 0 fully saturated rings. The lowest BCUT2D eigenvalue weighted by molar-refractivity contribution is -0.167. The van der Waals surface area contributed by atoms with Crippen molar-refractivity contribution in [2.75, 3.05) is 13.2 Å². The van der Waals surface area contributed by atoms with E-state index in [0.29, 0.717) is 19.3 Å². The van der Waals surface area contributed by atoms with E-state index in [1.54, 1.807) is 0 Å². The third-order valence-electron chi connectivity index (χ3n) is 15.6. The van der Waals surface area contributed by atoms with Crippen LogP contribution < -0.4 is 0 Å². The molecule has 82 heavy (non-hydrogen) atoms. The summed E-state index contributed by atoms with van der Waals surface area (Å²) in [4.78, 5) is 38.5. The van der Waals surface area contributed by atoms with Gasteiger partial charge in [0.1, 0.15) is 13.2 Å². The number of esters is 3. The van der Waals surface area contributed by atoms with Crippen LogP contribution in [0.2, 0.25) is 0 Å². The Balaban J connectivity index is 4.28. The fourth-order valence-electron chi connectivity index (χ4n) is 10.4. The molecular formula is C76H134O6. The van der Waals surface area contributed by atoms with E-state index in [-0.39, 0.29) is 31.1 Å². The van der Waals surface area contributed by atoms with Crippen LogP contribution in [-0.2, 0) is 28.6 Å². The van der Waals surface area contributed by atoms with Crippen LogP contribution in [0.25, 0.3) is 0 Å². The Kier molecular flexibility index (Phi) is 67.2. The van der Waals surface area contributed by atoms with Crippen molar-refractivity contribution >= 4 is 17.9 Å². The highest BCUT2D eigenvalue weighted by Crippen LogP contribution is 2.18. The van der Waals surface area contributed by atoms with Gasteiger partial charge < -0.3 is 14.2 Å². The maximum atomic E-state index is 13.0. The Morgan fingerprint density at radius 1 is 0.256 bits per heavy atom. The predicted octanol–water partition coefficient (Wildman–Crippen LogP) is 24.6. The normalized spacial score (nSPS) is 12.6.